The maximum Gasteiger partial charge on any atom is 0.358 e. The van der Waals surface area contributed by atoms with E-state index >= 15 is 0 Å². The summed E-state index contributed by atoms with van der Waals surface area (Å²) in [5.41, 5.74) is 0.00926. The second kappa shape index (κ2) is 6.32. The molecule has 0 spiro atoms. The Bertz CT molecular complexity index is 812. The number of carbonyl (C=O) groups excluding carboxylic acids is 1. The molecular weight excluding hydrogens is 340 g/mol. The number of hydrogen-bond acceptors (Lipinski definition) is 5. The smallest absolute Gasteiger partial charge is 0.358 e. The highest BCUT2D eigenvalue weighted by Gasteiger charge is 2.31. The number of aromatic nitrogens is 2. The zero-order valence-electron chi connectivity index (χ0n) is 13.0. The highest BCUT2D eigenvalue weighted by molar-refractivity contribution is 6.35. The van der Waals surface area contributed by atoms with Crippen molar-refractivity contribution in [2.45, 2.75) is 18.8 Å². The third kappa shape index (κ3) is 3.03. The Labute approximate surface area is 142 Å². The van der Waals surface area contributed by atoms with Crippen molar-refractivity contribution in [2.24, 2.45) is 0 Å². The Hall–Kier alpha value is -2.28. The topological polar surface area (TPSA) is 55.3 Å². The summed E-state index contributed by atoms with van der Waals surface area (Å²) in [6.07, 6.45) is 1.83. The zero-order chi connectivity index (χ0) is 17.4. The fourth-order valence-electron chi connectivity index (χ4n) is 2.30. The van der Waals surface area contributed by atoms with E-state index < -0.39 is 17.6 Å². The Morgan fingerprint density at radius 1 is 1.33 bits per heavy atom. The number of carbonyl (C=O) groups is 1. The third-order valence-corrected chi connectivity index (χ3v) is 4.11. The van der Waals surface area contributed by atoms with E-state index in [0.717, 1.165) is 25.0 Å². The van der Waals surface area contributed by atoms with E-state index in [1.54, 1.807) is 0 Å². The number of hydrogen-bond donors (Lipinski definition) is 0. The van der Waals surface area contributed by atoms with Crippen molar-refractivity contribution in [2.75, 3.05) is 19.1 Å². The molecule has 8 heteroatoms. The van der Waals surface area contributed by atoms with Crippen LogP contribution in [-0.2, 0) is 4.74 Å². The van der Waals surface area contributed by atoms with Crippen molar-refractivity contribution in [3.63, 3.8) is 0 Å². The van der Waals surface area contributed by atoms with Gasteiger partial charge in [-0.05, 0) is 25.0 Å². The number of anilines is 2. The normalized spacial score (nSPS) is 13.7. The molecule has 0 saturated heterocycles. The summed E-state index contributed by atoms with van der Waals surface area (Å²) in [6, 6.07) is 3.18. The van der Waals surface area contributed by atoms with Crippen LogP contribution < -0.4 is 4.90 Å². The summed E-state index contributed by atoms with van der Waals surface area (Å²) < 4.78 is 31.9. The fourth-order valence-corrected chi connectivity index (χ4v) is 2.59. The van der Waals surface area contributed by atoms with Crippen LogP contribution in [0.15, 0.2) is 18.2 Å². The molecule has 1 aromatic carbocycles. The molecule has 0 bridgehead atoms. The number of esters is 1. The van der Waals surface area contributed by atoms with Crippen LogP contribution in [0.2, 0.25) is 5.02 Å². The molecule has 1 fully saturated rings. The number of halogens is 3. The highest BCUT2D eigenvalue weighted by Crippen LogP contribution is 2.41. The standard InChI is InChI=1S/C16H14ClF2N3O2/c1-22(11-6-5-9(18)7-10(11)19)15-12(17)13(16(23)24-2)20-14(21-15)8-3-4-8/h5-8H,3-4H2,1-2H3. The summed E-state index contributed by atoms with van der Waals surface area (Å²) in [7, 11) is 2.75. The summed E-state index contributed by atoms with van der Waals surface area (Å²) in [5, 5.41) is -0.0440. The lowest BCUT2D eigenvalue weighted by Gasteiger charge is -2.21. The lowest BCUT2D eigenvalue weighted by atomic mass is 10.2. The first-order valence-corrected chi connectivity index (χ1v) is 7.64. The summed E-state index contributed by atoms with van der Waals surface area (Å²) >= 11 is 6.24. The minimum absolute atomic E-state index is 0.0440. The maximum atomic E-state index is 14.1. The van der Waals surface area contributed by atoms with Crippen molar-refractivity contribution in [3.05, 3.63) is 46.4 Å². The van der Waals surface area contributed by atoms with Gasteiger partial charge in [-0.1, -0.05) is 11.6 Å². The minimum Gasteiger partial charge on any atom is -0.464 e. The van der Waals surface area contributed by atoms with Gasteiger partial charge >= 0.3 is 5.97 Å². The first-order chi connectivity index (χ1) is 11.4. The highest BCUT2D eigenvalue weighted by atomic mass is 35.5. The minimum atomic E-state index is -0.764. The van der Waals surface area contributed by atoms with Gasteiger partial charge in [0.2, 0.25) is 0 Å². The van der Waals surface area contributed by atoms with Gasteiger partial charge in [-0.2, -0.15) is 0 Å². The zero-order valence-corrected chi connectivity index (χ0v) is 13.8. The number of nitrogens with zero attached hydrogens (tertiary/aromatic N) is 3. The van der Waals surface area contributed by atoms with Crippen molar-refractivity contribution in [1.29, 1.82) is 0 Å². The van der Waals surface area contributed by atoms with E-state index in [-0.39, 0.29) is 28.1 Å². The molecule has 1 saturated carbocycles. The van der Waals surface area contributed by atoms with Crippen molar-refractivity contribution in [3.8, 4) is 0 Å². The van der Waals surface area contributed by atoms with Crippen molar-refractivity contribution in [1.82, 2.24) is 9.97 Å². The molecule has 126 valence electrons. The van der Waals surface area contributed by atoms with E-state index in [1.165, 1.54) is 25.1 Å². The molecule has 2 aromatic rings. The second-order valence-electron chi connectivity index (χ2n) is 5.49. The summed E-state index contributed by atoms with van der Waals surface area (Å²) in [5.74, 6) is -1.37. The average molecular weight is 354 g/mol. The van der Waals surface area contributed by atoms with E-state index in [1.807, 2.05) is 0 Å². The predicted octanol–water partition coefficient (Wildman–Crippen LogP) is 3.84. The van der Waals surface area contributed by atoms with Gasteiger partial charge in [0.1, 0.15) is 22.5 Å². The molecule has 24 heavy (non-hydrogen) atoms. The lowest BCUT2D eigenvalue weighted by Crippen LogP contribution is -2.18. The molecular formula is C16H14ClF2N3O2. The maximum absolute atomic E-state index is 14.1. The Kier molecular flexibility index (Phi) is 4.36. The largest absolute Gasteiger partial charge is 0.464 e. The first-order valence-electron chi connectivity index (χ1n) is 7.27. The molecule has 0 aliphatic heterocycles. The molecule has 0 radical (unpaired) electrons. The van der Waals surface area contributed by atoms with Crippen LogP contribution in [-0.4, -0.2) is 30.1 Å². The summed E-state index contributed by atoms with van der Waals surface area (Å²) in [4.78, 5) is 21.8. The SMILES string of the molecule is COC(=O)c1nc(C2CC2)nc(N(C)c2ccc(F)cc2F)c1Cl. The Morgan fingerprint density at radius 2 is 2.04 bits per heavy atom. The summed E-state index contributed by atoms with van der Waals surface area (Å²) in [6.45, 7) is 0. The average Bonchev–Trinajstić information content (AvgIpc) is 3.38. The van der Waals surface area contributed by atoms with E-state index in [2.05, 4.69) is 9.97 Å². The van der Waals surface area contributed by atoms with Gasteiger partial charge in [0.15, 0.2) is 11.5 Å². The predicted molar refractivity (Wildman–Crippen MR) is 84.8 cm³/mol. The van der Waals surface area contributed by atoms with Crippen LogP contribution in [0.5, 0.6) is 0 Å². The van der Waals surface area contributed by atoms with E-state index in [0.29, 0.717) is 5.82 Å². The number of ether oxygens (including phenoxy) is 1. The van der Waals surface area contributed by atoms with E-state index in [9.17, 15) is 13.6 Å². The number of rotatable bonds is 4. The molecule has 0 amide bonds. The van der Waals surface area contributed by atoms with E-state index in [4.69, 9.17) is 16.3 Å². The monoisotopic (exact) mass is 353 g/mol. The molecule has 5 nitrogen and oxygen atoms in total. The van der Waals surface area contributed by atoms with Crippen LogP contribution in [0.4, 0.5) is 20.3 Å². The van der Waals surface area contributed by atoms with Crippen LogP contribution in [0.3, 0.4) is 0 Å². The molecule has 0 N–H and O–H groups in total. The van der Waals surface area contributed by atoms with Crippen LogP contribution in [0, 0.1) is 11.6 Å². The van der Waals surface area contributed by atoms with Gasteiger partial charge in [-0.3, -0.25) is 0 Å². The molecule has 1 heterocycles. The van der Waals surface area contributed by atoms with Gasteiger partial charge in [0, 0.05) is 19.0 Å². The number of methoxy groups -OCH3 is 1. The fraction of sp³-hybridized carbons (Fsp3) is 0.312. The van der Waals surface area contributed by atoms with Gasteiger partial charge in [-0.15, -0.1) is 0 Å². The Balaban J connectivity index is 2.11. The van der Waals surface area contributed by atoms with Gasteiger partial charge in [0.05, 0.1) is 12.8 Å². The van der Waals surface area contributed by atoms with Gasteiger partial charge < -0.3 is 9.64 Å². The Morgan fingerprint density at radius 3 is 2.62 bits per heavy atom. The first kappa shape index (κ1) is 16.6. The molecule has 3 rings (SSSR count). The molecule has 1 aliphatic carbocycles. The quantitative estimate of drug-likeness (QED) is 0.782. The lowest BCUT2D eigenvalue weighted by molar-refractivity contribution is 0.0593. The molecule has 0 unspecified atom stereocenters. The van der Waals surface area contributed by atoms with Crippen LogP contribution >= 0.6 is 11.6 Å². The van der Waals surface area contributed by atoms with Gasteiger partial charge in [0.25, 0.3) is 0 Å². The molecule has 1 aliphatic rings. The molecule has 1 aromatic heterocycles. The molecule has 0 atom stereocenters. The van der Waals surface area contributed by atoms with Crippen LogP contribution in [0.25, 0.3) is 0 Å². The van der Waals surface area contributed by atoms with Crippen LogP contribution in [0.1, 0.15) is 35.1 Å². The van der Waals surface area contributed by atoms with Crippen molar-refractivity contribution >= 4 is 29.1 Å². The second-order valence-corrected chi connectivity index (χ2v) is 5.87. The number of benzene rings is 1. The third-order valence-electron chi connectivity index (χ3n) is 3.76. The van der Waals surface area contributed by atoms with Crippen molar-refractivity contribution < 1.29 is 18.3 Å². The van der Waals surface area contributed by atoms with Gasteiger partial charge in [-0.25, -0.2) is 23.5 Å².